The van der Waals surface area contributed by atoms with Gasteiger partial charge in [-0.05, 0) is 58.3 Å². The second-order valence-electron chi connectivity index (χ2n) is 7.00. The number of ether oxygens (including phenoxy) is 1. The van der Waals surface area contributed by atoms with Gasteiger partial charge >= 0.3 is 7.12 Å². The van der Waals surface area contributed by atoms with Crippen LogP contribution in [0.15, 0.2) is 36.4 Å². The van der Waals surface area contributed by atoms with Gasteiger partial charge in [-0.1, -0.05) is 12.1 Å². The van der Waals surface area contributed by atoms with E-state index in [4.69, 9.17) is 14.0 Å². The van der Waals surface area contributed by atoms with Crippen LogP contribution in [0.1, 0.15) is 33.4 Å². The quantitative estimate of drug-likeness (QED) is 0.807. The molecule has 24 heavy (non-hydrogen) atoms. The van der Waals surface area contributed by atoms with Crippen LogP contribution in [0.5, 0.6) is 11.6 Å². The first-order valence-corrected chi connectivity index (χ1v) is 7.94. The molecule has 0 N–H and O–H groups in total. The van der Waals surface area contributed by atoms with Crippen LogP contribution in [0.3, 0.4) is 0 Å². The third kappa shape index (κ3) is 3.16. The Morgan fingerprint density at radius 1 is 1.04 bits per heavy atom. The van der Waals surface area contributed by atoms with Gasteiger partial charge in [0.05, 0.1) is 11.2 Å². The SMILES string of the molecule is Cc1cccc(Oc2ccc(B3OC(C)(C)C(C)(C)O3)cc2F)n1. The summed E-state index contributed by atoms with van der Waals surface area (Å²) in [6.07, 6.45) is 0. The lowest BCUT2D eigenvalue weighted by molar-refractivity contribution is 0.00578. The van der Waals surface area contributed by atoms with Crippen LogP contribution in [-0.4, -0.2) is 23.3 Å². The van der Waals surface area contributed by atoms with Gasteiger partial charge in [0.25, 0.3) is 0 Å². The average molecular weight is 329 g/mol. The Labute approximate surface area is 142 Å². The van der Waals surface area contributed by atoms with Crippen molar-refractivity contribution in [3.05, 3.63) is 47.9 Å². The van der Waals surface area contributed by atoms with Crippen molar-refractivity contribution >= 4 is 12.6 Å². The summed E-state index contributed by atoms with van der Waals surface area (Å²) in [6, 6.07) is 10.1. The van der Waals surface area contributed by atoms with Gasteiger partial charge in [0.1, 0.15) is 0 Å². The molecule has 1 aromatic heterocycles. The lowest BCUT2D eigenvalue weighted by Gasteiger charge is -2.32. The third-order valence-corrected chi connectivity index (χ3v) is 4.56. The topological polar surface area (TPSA) is 40.6 Å². The number of rotatable bonds is 3. The zero-order chi connectivity index (χ0) is 17.5. The van der Waals surface area contributed by atoms with Gasteiger partial charge in [-0.2, -0.15) is 0 Å². The van der Waals surface area contributed by atoms with E-state index in [1.807, 2.05) is 46.8 Å². The minimum atomic E-state index is -0.601. The van der Waals surface area contributed by atoms with E-state index in [0.717, 1.165) is 5.69 Å². The van der Waals surface area contributed by atoms with Crippen molar-refractivity contribution in [2.24, 2.45) is 0 Å². The van der Waals surface area contributed by atoms with Crippen LogP contribution in [0.2, 0.25) is 0 Å². The number of benzene rings is 1. The van der Waals surface area contributed by atoms with Gasteiger partial charge in [0, 0.05) is 11.8 Å². The molecule has 0 atom stereocenters. The molecule has 1 fully saturated rings. The van der Waals surface area contributed by atoms with Crippen LogP contribution in [0.4, 0.5) is 4.39 Å². The summed E-state index contributed by atoms with van der Waals surface area (Å²) in [7, 11) is -0.601. The first-order valence-electron chi connectivity index (χ1n) is 7.94. The Bertz CT molecular complexity index is 748. The van der Waals surface area contributed by atoms with E-state index in [-0.39, 0.29) is 5.75 Å². The maximum atomic E-state index is 14.4. The van der Waals surface area contributed by atoms with Crippen LogP contribution in [-0.2, 0) is 9.31 Å². The summed E-state index contributed by atoms with van der Waals surface area (Å²) in [5.74, 6) is -0.00355. The highest BCUT2D eigenvalue weighted by molar-refractivity contribution is 6.62. The van der Waals surface area contributed by atoms with Crippen molar-refractivity contribution in [2.45, 2.75) is 45.8 Å². The predicted molar refractivity (Wildman–Crippen MR) is 91.2 cm³/mol. The fourth-order valence-corrected chi connectivity index (χ4v) is 2.41. The number of aromatic nitrogens is 1. The number of halogens is 1. The van der Waals surface area contributed by atoms with Gasteiger partial charge in [0.15, 0.2) is 11.6 Å². The Morgan fingerprint density at radius 2 is 1.71 bits per heavy atom. The summed E-state index contributed by atoms with van der Waals surface area (Å²) in [5.41, 5.74) is 0.501. The molecule has 126 valence electrons. The van der Waals surface area contributed by atoms with Crippen molar-refractivity contribution in [3.8, 4) is 11.6 Å². The Morgan fingerprint density at radius 3 is 2.29 bits per heavy atom. The van der Waals surface area contributed by atoms with E-state index in [9.17, 15) is 4.39 Å². The second kappa shape index (κ2) is 5.86. The number of hydrogen-bond donors (Lipinski definition) is 0. The Kier molecular flexibility index (Phi) is 4.14. The van der Waals surface area contributed by atoms with Crippen molar-refractivity contribution < 1.29 is 18.4 Å². The molecule has 1 saturated heterocycles. The summed E-state index contributed by atoms with van der Waals surface area (Å²) in [5, 5.41) is 0. The van der Waals surface area contributed by atoms with Crippen molar-refractivity contribution in [1.29, 1.82) is 0 Å². The van der Waals surface area contributed by atoms with E-state index >= 15 is 0 Å². The minimum Gasteiger partial charge on any atom is -0.436 e. The van der Waals surface area contributed by atoms with Crippen LogP contribution < -0.4 is 10.2 Å². The second-order valence-corrected chi connectivity index (χ2v) is 7.00. The Balaban J connectivity index is 1.81. The molecule has 0 bridgehead atoms. The van der Waals surface area contributed by atoms with E-state index < -0.39 is 24.1 Å². The van der Waals surface area contributed by atoms with Crippen molar-refractivity contribution in [1.82, 2.24) is 4.98 Å². The summed E-state index contributed by atoms with van der Waals surface area (Å²) in [6.45, 7) is 9.70. The molecule has 4 nitrogen and oxygen atoms in total. The first-order chi connectivity index (χ1) is 11.2. The molecule has 0 radical (unpaired) electrons. The van der Waals surface area contributed by atoms with Crippen LogP contribution in [0, 0.1) is 12.7 Å². The molecule has 6 heteroatoms. The minimum absolute atomic E-state index is 0.119. The molecule has 3 rings (SSSR count). The molecule has 2 aromatic rings. The lowest BCUT2D eigenvalue weighted by Crippen LogP contribution is -2.41. The van der Waals surface area contributed by atoms with Gasteiger partial charge in [-0.25, -0.2) is 9.37 Å². The largest absolute Gasteiger partial charge is 0.494 e. The molecule has 1 aliphatic rings. The van der Waals surface area contributed by atoms with Crippen molar-refractivity contribution in [2.75, 3.05) is 0 Å². The molecule has 0 amide bonds. The van der Waals surface area contributed by atoms with Gasteiger partial charge in [-0.3, -0.25) is 0 Å². The summed E-state index contributed by atoms with van der Waals surface area (Å²) in [4.78, 5) is 4.21. The number of hydrogen-bond acceptors (Lipinski definition) is 4. The van der Waals surface area contributed by atoms with Crippen molar-refractivity contribution in [3.63, 3.8) is 0 Å². The van der Waals surface area contributed by atoms with E-state index in [0.29, 0.717) is 11.3 Å². The zero-order valence-corrected chi connectivity index (χ0v) is 14.6. The molecule has 0 aliphatic carbocycles. The van der Waals surface area contributed by atoms with Gasteiger partial charge in [-0.15, -0.1) is 0 Å². The molecule has 1 aromatic carbocycles. The summed E-state index contributed by atoms with van der Waals surface area (Å²) >= 11 is 0. The maximum Gasteiger partial charge on any atom is 0.494 e. The highest BCUT2D eigenvalue weighted by atomic mass is 19.1. The average Bonchev–Trinajstić information content (AvgIpc) is 2.70. The van der Waals surface area contributed by atoms with Crippen LogP contribution >= 0.6 is 0 Å². The monoisotopic (exact) mass is 329 g/mol. The predicted octanol–water partition coefficient (Wildman–Crippen LogP) is 3.62. The normalized spacial score (nSPS) is 18.7. The fourth-order valence-electron chi connectivity index (χ4n) is 2.41. The molecule has 0 saturated carbocycles. The number of nitrogens with zero attached hydrogens (tertiary/aromatic N) is 1. The molecular formula is C18H21BFNO3. The number of pyridine rings is 1. The Hall–Kier alpha value is -1.92. The third-order valence-electron chi connectivity index (χ3n) is 4.56. The summed E-state index contributed by atoms with van der Waals surface area (Å²) < 4.78 is 31.8. The highest BCUT2D eigenvalue weighted by Crippen LogP contribution is 2.36. The fraction of sp³-hybridized carbons (Fsp3) is 0.389. The molecule has 0 unspecified atom stereocenters. The zero-order valence-electron chi connectivity index (χ0n) is 14.6. The molecule has 2 heterocycles. The molecular weight excluding hydrogens is 308 g/mol. The molecule has 0 spiro atoms. The molecule has 1 aliphatic heterocycles. The van der Waals surface area contributed by atoms with Gasteiger partial charge < -0.3 is 14.0 Å². The van der Waals surface area contributed by atoms with E-state index in [2.05, 4.69) is 4.98 Å². The number of aryl methyl sites for hydroxylation is 1. The first kappa shape index (κ1) is 16.9. The smallest absolute Gasteiger partial charge is 0.436 e. The maximum absolute atomic E-state index is 14.4. The van der Waals surface area contributed by atoms with Gasteiger partial charge in [0.2, 0.25) is 5.88 Å². The van der Waals surface area contributed by atoms with Crippen LogP contribution in [0.25, 0.3) is 0 Å². The van der Waals surface area contributed by atoms with E-state index in [1.54, 1.807) is 18.2 Å². The van der Waals surface area contributed by atoms with E-state index in [1.165, 1.54) is 6.07 Å². The lowest BCUT2D eigenvalue weighted by atomic mass is 9.79. The highest BCUT2D eigenvalue weighted by Gasteiger charge is 2.51. The standard InChI is InChI=1S/C18H21BFNO3/c1-12-7-6-8-16(21-12)22-15-10-9-13(11-14(15)20)19-23-17(2,3)18(4,5)24-19/h6-11H,1-5H3.